The highest BCUT2D eigenvalue weighted by Gasteiger charge is 2.42. The fraction of sp³-hybridized carbons (Fsp3) is 0.500. The predicted molar refractivity (Wildman–Crippen MR) is 78.7 cm³/mol. The molecule has 0 unspecified atom stereocenters. The first-order valence-corrected chi connectivity index (χ1v) is 7.28. The monoisotopic (exact) mass is 271 g/mol. The first-order valence-electron chi connectivity index (χ1n) is 7.28. The third-order valence-electron chi connectivity index (χ3n) is 3.95. The van der Waals surface area contributed by atoms with Crippen molar-refractivity contribution in [2.24, 2.45) is 5.41 Å². The maximum absolute atomic E-state index is 5.23. The minimum atomic E-state index is 0.300. The second-order valence-electron chi connectivity index (χ2n) is 6.13. The molecular formula is C16H21N3O. The molecule has 2 aromatic rings. The fourth-order valence-corrected chi connectivity index (χ4v) is 2.43. The maximum atomic E-state index is 5.23. The molecule has 0 atom stereocenters. The minimum absolute atomic E-state index is 0.300. The van der Waals surface area contributed by atoms with Crippen molar-refractivity contribution in [3.63, 3.8) is 0 Å². The molecule has 1 saturated carbocycles. The largest absolute Gasteiger partial charge is 0.337 e. The van der Waals surface area contributed by atoms with Crippen LogP contribution >= 0.6 is 0 Å². The Bertz CT molecular complexity index is 558. The van der Waals surface area contributed by atoms with Gasteiger partial charge in [0, 0.05) is 12.5 Å². The zero-order valence-electron chi connectivity index (χ0n) is 12.1. The van der Waals surface area contributed by atoms with Gasteiger partial charge in [0.25, 0.3) is 0 Å². The Morgan fingerprint density at radius 3 is 2.60 bits per heavy atom. The lowest BCUT2D eigenvalue weighted by atomic mass is 9.96. The van der Waals surface area contributed by atoms with Crippen molar-refractivity contribution >= 4 is 6.01 Å². The van der Waals surface area contributed by atoms with Gasteiger partial charge in [-0.1, -0.05) is 49.3 Å². The SMILES string of the molecule is CC(C)c1noc(NCC2(Cc3ccccc3)CC2)n1. The Morgan fingerprint density at radius 2 is 2.00 bits per heavy atom. The van der Waals surface area contributed by atoms with E-state index >= 15 is 0 Å². The van der Waals surface area contributed by atoms with Crippen LogP contribution in [0.1, 0.15) is 44.0 Å². The van der Waals surface area contributed by atoms with Gasteiger partial charge in [0.2, 0.25) is 0 Å². The molecule has 0 radical (unpaired) electrons. The molecular weight excluding hydrogens is 250 g/mol. The maximum Gasteiger partial charge on any atom is 0.321 e. The molecule has 1 N–H and O–H groups in total. The number of hydrogen-bond donors (Lipinski definition) is 1. The van der Waals surface area contributed by atoms with Gasteiger partial charge in [-0.2, -0.15) is 4.98 Å². The van der Waals surface area contributed by atoms with Gasteiger partial charge in [0.1, 0.15) is 0 Å². The van der Waals surface area contributed by atoms with Crippen LogP contribution in [0.15, 0.2) is 34.9 Å². The summed E-state index contributed by atoms with van der Waals surface area (Å²) in [5.41, 5.74) is 1.77. The Kier molecular flexibility index (Phi) is 3.47. The van der Waals surface area contributed by atoms with Crippen LogP contribution in [-0.2, 0) is 6.42 Å². The molecule has 1 aliphatic carbocycles. The second kappa shape index (κ2) is 5.27. The first kappa shape index (κ1) is 13.2. The molecule has 3 rings (SSSR count). The molecule has 4 nitrogen and oxygen atoms in total. The molecule has 1 aromatic carbocycles. The third kappa shape index (κ3) is 3.00. The summed E-state index contributed by atoms with van der Waals surface area (Å²) in [6.45, 7) is 5.03. The average molecular weight is 271 g/mol. The van der Waals surface area contributed by atoms with Gasteiger partial charge >= 0.3 is 6.01 Å². The number of hydrogen-bond acceptors (Lipinski definition) is 4. The van der Waals surface area contributed by atoms with Crippen molar-refractivity contribution < 1.29 is 4.52 Å². The lowest BCUT2D eigenvalue weighted by molar-refractivity contribution is 0.413. The van der Waals surface area contributed by atoms with E-state index in [1.165, 1.54) is 18.4 Å². The third-order valence-corrected chi connectivity index (χ3v) is 3.95. The summed E-state index contributed by atoms with van der Waals surface area (Å²) in [4.78, 5) is 4.36. The zero-order valence-corrected chi connectivity index (χ0v) is 12.1. The summed E-state index contributed by atoms with van der Waals surface area (Å²) in [6.07, 6.45) is 3.64. The molecule has 1 aromatic heterocycles. The van der Waals surface area contributed by atoms with Crippen molar-refractivity contribution in [1.82, 2.24) is 10.1 Å². The van der Waals surface area contributed by atoms with E-state index in [-0.39, 0.29) is 0 Å². The predicted octanol–water partition coefficient (Wildman–Crippen LogP) is 3.63. The summed E-state index contributed by atoms with van der Waals surface area (Å²) in [5, 5.41) is 7.27. The quantitative estimate of drug-likeness (QED) is 0.871. The number of nitrogens with zero attached hydrogens (tertiary/aromatic N) is 2. The van der Waals surface area contributed by atoms with Crippen LogP contribution in [0.25, 0.3) is 0 Å². The topological polar surface area (TPSA) is 51.0 Å². The molecule has 0 spiro atoms. The van der Waals surface area contributed by atoms with Crippen LogP contribution < -0.4 is 5.32 Å². The Hall–Kier alpha value is -1.84. The van der Waals surface area contributed by atoms with Crippen molar-refractivity contribution in [3.05, 3.63) is 41.7 Å². The Labute approximate surface area is 119 Å². The minimum Gasteiger partial charge on any atom is -0.337 e. The van der Waals surface area contributed by atoms with Gasteiger partial charge in [-0.25, -0.2) is 0 Å². The number of nitrogens with one attached hydrogen (secondary N) is 1. The van der Waals surface area contributed by atoms with Gasteiger partial charge in [0.05, 0.1) is 0 Å². The van der Waals surface area contributed by atoms with Crippen molar-refractivity contribution in [2.45, 2.75) is 39.0 Å². The van der Waals surface area contributed by atoms with Crippen molar-refractivity contribution in [2.75, 3.05) is 11.9 Å². The summed E-state index contributed by atoms with van der Waals surface area (Å²) in [6, 6.07) is 11.2. The van der Waals surface area contributed by atoms with Crippen LogP contribution in [0.3, 0.4) is 0 Å². The lowest BCUT2D eigenvalue weighted by Gasteiger charge is -2.14. The second-order valence-corrected chi connectivity index (χ2v) is 6.13. The number of aromatic nitrogens is 2. The molecule has 0 amide bonds. The number of rotatable bonds is 6. The van der Waals surface area contributed by atoms with Crippen LogP contribution in [0.5, 0.6) is 0 Å². The molecule has 0 saturated heterocycles. The lowest BCUT2D eigenvalue weighted by Crippen LogP contribution is -2.18. The van der Waals surface area contributed by atoms with Crippen LogP contribution in [0.2, 0.25) is 0 Å². The standard InChI is InChI=1S/C16H21N3O/c1-12(2)14-18-15(20-19-14)17-11-16(8-9-16)10-13-6-4-3-5-7-13/h3-7,12H,8-11H2,1-2H3,(H,17,18,19). The van der Waals surface area contributed by atoms with E-state index < -0.39 is 0 Å². The fourth-order valence-electron chi connectivity index (χ4n) is 2.43. The van der Waals surface area contributed by atoms with Gasteiger partial charge < -0.3 is 9.84 Å². The van der Waals surface area contributed by atoms with Gasteiger partial charge in [0.15, 0.2) is 5.82 Å². The van der Waals surface area contributed by atoms with Crippen LogP contribution in [0, 0.1) is 5.41 Å². The molecule has 1 fully saturated rings. The van der Waals surface area contributed by atoms with Crippen LogP contribution in [-0.4, -0.2) is 16.7 Å². The smallest absolute Gasteiger partial charge is 0.321 e. The summed E-state index contributed by atoms with van der Waals surface area (Å²) < 4.78 is 5.23. The van der Waals surface area contributed by atoms with E-state index in [0.29, 0.717) is 17.3 Å². The van der Waals surface area contributed by atoms with E-state index in [0.717, 1.165) is 18.8 Å². The van der Waals surface area contributed by atoms with E-state index in [1.807, 2.05) is 0 Å². The summed E-state index contributed by atoms with van der Waals surface area (Å²) in [5.74, 6) is 1.06. The molecule has 1 heterocycles. The normalized spacial score (nSPS) is 16.4. The highest BCUT2D eigenvalue weighted by molar-refractivity contribution is 5.24. The summed E-state index contributed by atoms with van der Waals surface area (Å²) >= 11 is 0. The van der Waals surface area contributed by atoms with Crippen molar-refractivity contribution in [3.8, 4) is 0 Å². The van der Waals surface area contributed by atoms with E-state index in [1.54, 1.807) is 0 Å². The van der Waals surface area contributed by atoms with Crippen LogP contribution in [0.4, 0.5) is 6.01 Å². The van der Waals surface area contributed by atoms with Gasteiger partial charge in [-0.3, -0.25) is 0 Å². The zero-order chi connectivity index (χ0) is 14.0. The molecule has 1 aliphatic rings. The van der Waals surface area contributed by atoms with E-state index in [2.05, 4.69) is 59.6 Å². The number of anilines is 1. The highest BCUT2D eigenvalue weighted by Crippen LogP contribution is 2.48. The highest BCUT2D eigenvalue weighted by atomic mass is 16.5. The summed E-state index contributed by atoms with van der Waals surface area (Å²) in [7, 11) is 0. The van der Waals surface area contributed by atoms with E-state index in [4.69, 9.17) is 4.52 Å². The van der Waals surface area contributed by atoms with E-state index in [9.17, 15) is 0 Å². The molecule has 106 valence electrons. The Morgan fingerprint density at radius 1 is 1.25 bits per heavy atom. The van der Waals surface area contributed by atoms with Gasteiger partial charge in [-0.05, 0) is 30.2 Å². The first-order chi connectivity index (χ1) is 9.67. The number of benzene rings is 1. The molecule has 4 heteroatoms. The van der Waals surface area contributed by atoms with Gasteiger partial charge in [-0.15, -0.1) is 0 Å². The Balaban J connectivity index is 1.57. The van der Waals surface area contributed by atoms with Crippen molar-refractivity contribution in [1.29, 1.82) is 0 Å². The average Bonchev–Trinajstić information content (AvgIpc) is 3.03. The molecule has 20 heavy (non-hydrogen) atoms. The molecule has 0 bridgehead atoms. The molecule has 0 aliphatic heterocycles.